The lowest BCUT2D eigenvalue weighted by atomic mass is 10.2. The van der Waals surface area contributed by atoms with Crippen LogP contribution in [0.2, 0.25) is 0 Å². The number of aryl methyl sites for hydroxylation is 1. The molecular formula is C10H11Cl2NS. The molecule has 0 aliphatic carbocycles. The van der Waals surface area contributed by atoms with E-state index in [1.807, 2.05) is 25.1 Å². The molecule has 2 N–H and O–H groups in total. The minimum Gasteiger partial charge on any atom is -0.398 e. The van der Waals surface area contributed by atoms with Gasteiger partial charge in [0.25, 0.3) is 0 Å². The molecule has 0 heterocycles. The zero-order chi connectivity index (χ0) is 10.6. The van der Waals surface area contributed by atoms with E-state index in [4.69, 9.17) is 28.9 Å². The van der Waals surface area contributed by atoms with Crippen molar-refractivity contribution in [3.8, 4) is 0 Å². The van der Waals surface area contributed by atoms with Crippen LogP contribution in [0, 0.1) is 6.92 Å². The quantitative estimate of drug-likeness (QED) is 0.646. The predicted octanol–water partition coefficient (Wildman–Crippen LogP) is 3.99. The van der Waals surface area contributed by atoms with Gasteiger partial charge in [0.05, 0.1) is 0 Å². The molecule has 76 valence electrons. The Morgan fingerprint density at radius 2 is 2.29 bits per heavy atom. The Kier molecular flexibility index (Phi) is 4.66. The number of rotatable bonds is 3. The van der Waals surface area contributed by atoms with Gasteiger partial charge < -0.3 is 5.73 Å². The lowest BCUT2D eigenvalue weighted by Gasteiger charge is -2.05. The Hall–Kier alpha value is -0.310. The highest BCUT2D eigenvalue weighted by molar-refractivity contribution is 7.99. The summed E-state index contributed by atoms with van der Waals surface area (Å²) < 4.78 is 0. The lowest BCUT2D eigenvalue weighted by Crippen LogP contribution is -1.90. The topological polar surface area (TPSA) is 26.0 Å². The minimum absolute atomic E-state index is 0.622. The average molecular weight is 248 g/mol. The third-order valence-electron chi connectivity index (χ3n) is 1.65. The molecule has 0 bridgehead atoms. The van der Waals surface area contributed by atoms with Crippen LogP contribution in [-0.2, 0) is 0 Å². The van der Waals surface area contributed by atoms with E-state index in [0.29, 0.717) is 10.8 Å². The molecule has 0 aliphatic heterocycles. The molecule has 4 heteroatoms. The van der Waals surface area contributed by atoms with Gasteiger partial charge >= 0.3 is 0 Å². The highest BCUT2D eigenvalue weighted by Crippen LogP contribution is 2.28. The molecule has 0 saturated carbocycles. The normalized spacial score (nSPS) is 11.8. The molecule has 0 amide bonds. The van der Waals surface area contributed by atoms with Crippen LogP contribution in [0.25, 0.3) is 0 Å². The number of benzene rings is 1. The Balaban J connectivity index is 2.68. The second-order valence-electron chi connectivity index (χ2n) is 2.89. The van der Waals surface area contributed by atoms with Crippen molar-refractivity contribution in [1.29, 1.82) is 0 Å². The van der Waals surface area contributed by atoms with Crippen LogP contribution in [0.4, 0.5) is 5.69 Å². The van der Waals surface area contributed by atoms with Gasteiger partial charge in [0.15, 0.2) is 0 Å². The van der Waals surface area contributed by atoms with Crippen molar-refractivity contribution < 1.29 is 0 Å². The van der Waals surface area contributed by atoms with Gasteiger partial charge in [0, 0.05) is 26.9 Å². The van der Waals surface area contributed by atoms with Gasteiger partial charge in [-0.25, -0.2) is 0 Å². The van der Waals surface area contributed by atoms with Gasteiger partial charge in [-0.3, -0.25) is 0 Å². The number of anilines is 1. The van der Waals surface area contributed by atoms with Gasteiger partial charge in [-0.15, -0.1) is 11.8 Å². The lowest BCUT2D eigenvalue weighted by molar-refractivity contribution is 1.38. The van der Waals surface area contributed by atoms with Gasteiger partial charge in [-0.1, -0.05) is 29.3 Å². The fourth-order valence-electron chi connectivity index (χ4n) is 0.978. The summed E-state index contributed by atoms with van der Waals surface area (Å²) in [4.78, 5) is 1.03. The molecule has 0 fully saturated rings. The maximum atomic E-state index is 5.83. The Morgan fingerprint density at radius 1 is 1.57 bits per heavy atom. The third-order valence-corrected chi connectivity index (χ3v) is 3.56. The SMILES string of the molecule is Cc1ccc(SCC(Cl)=CCl)c(N)c1. The second-order valence-corrected chi connectivity index (χ2v) is 4.61. The van der Waals surface area contributed by atoms with Crippen LogP contribution in [0.1, 0.15) is 5.56 Å². The van der Waals surface area contributed by atoms with Crippen LogP contribution in [0.3, 0.4) is 0 Å². The van der Waals surface area contributed by atoms with Gasteiger partial charge in [-0.05, 0) is 24.6 Å². The summed E-state index contributed by atoms with van der Waals surface area (Å²) in [5.41, 5.74) is 9.15. The van der Waals surface area contributed by atoms with Crippen LogP contribution in [-0.4, -0.2) is 5.75 Å². The molecule has 0 radical (unpaired) electrons. The molecule has 1 rings (SSSR count). The number of hydrogen-bond donors (Lipinski definition) is 1. The monoisotopic (exact) mass is 247 g/mol. The molecular weight excluding hydrogens is 237 g/mol. The fourth-order valence-corrected chi connectivity index (χ4v) is 2.08. The van der Waals surface area contributed by atoms with E-state index in [1.54, 1.807) is 11.8 Å². The van der Waals surface area contributed by atoms with E-state index in [1.165, 1.54) is 5.54 Å². The van der Waals surface area contributed by atoms with Crippen molar-refractivity contribution in [2.24, 2.45) is 0 Å². The van der Waals surface area contributed by atoms with Gasteiger partial charge in [0.2, 0.25) is 0 Å². The van der Waals surface area contributed by atoms with Crippen LogP contribution < -0.4 is 5.73 Å². The highest BCUT2D eigenvalue weighted by Gasteiger charge is 2.01. The summed E-state index contributed by atoms with van der Waals surface area (Å²) in [6.45, 7) is 2.01. The van der Waals surface area contributed by atoms with E-state index in [9.17, 15) is 0 Å². The fraction of sp³-hybridized carbons (Fsp3) is 0.200. The number of halogens is 2. The summed E-state index contributed by atoms with van der Waals surface area (Å²) in [5.74, 6) is 0.651. The molecule has 0 atom stereocenters. The zero-order valence-corrected chi connectivity index (χ0v) is 10.1. The molecule has 0 unspecified atom stereocenters. The second kappa shape index (κ2) is 5.54. The summed E-state index contributed by atoms with van der Waals surface area (Å²) in [6, 6.07) is 5.96. The van der Waals surface area contributed by atoms with Crippen molar-refractivity contribution in [2.45, 2.75) is 11.8 Å². The van der Waals surface area contributed by atoms with Crippen LogP contribution >= 0.6 is 35.0 Å². The van der Waals surface area contributed by atoms with Crippen LogP contribution in [0.15, 0.2) is 33.7 Å². The van der Waals surface area contributed by atoms with Gasteiger partial charge in [0.1, 0.15) is 0 Å². The molecule has 0 saturated heterocycles. The smallest absolute Gasteiger partial charge is 0.0454 e. The largest absolute Gasteiger partial charge is 0.398 e. The summed E-state index contributed by atoms with van der Waals surface area (Å²) in [5, 5.41) is 0.622. The maximum absolute atomic E-state index is 5.83. The van der Waals surface area contributed by atoms with E-state index in [-0.39, 0.29) is 0 Å². The third kappa shape index (κ3) is 3.45. The average Bonchev–Trinajstić information content (AvgIpc) is 2.16. The molecule has 1 aromatic rings. The first-order valence-corrected chi connectivity index (χ1v) is 5.87. The number of nitrogen functional groups attached to an aromatic ring is 1. The highest BCUT2D eigenvalue weighted by atomic mass is 35.5. The molecule has 0 spiro atoms. The van der Waals surface area contributed by atoms with Crippen molar-refractivity contribution in [3.05, 3.63) is 34.3 Å². The minimum atomic E-state index is 0.622. The Bertz CT molecular complexity index is 350. The number of nitrogens with two attached hydrogens (primary N) is 1. The Labute approximate surface area is 98.3 Å². The molecule has 1 nitrogen and oxygen atoms in total. The molecule has 14 heavy (non-hydrogen) atoms. The Morgan fingerprint density at radius 3 is 2.86 bits per heavy atom. The van der Waals surface area contributed by atoms with E-state index in [0.717, 1.165) is 16.1 Å². The van der Waals surface area contributed by atoms with Crippen molar-refractivity contribution in [1.82, 2.24) is 0 Å². The number of hydrogen-bond acceptors (Lipinski definition) is 2. The van der Waals surface area contributed by atoms with E-state index >= 15 is 0 Å². The van der Waals surface area contributed by atoms with Crippen molar-refractivity contribution >= 4 is 40.7 Å². The summed E-state index contributed by atoms with van der Waals surface area (Å²) in [7, 11) is 0. The van der Waals surface area contributed by atoms with Crippen molar-refractivity contribution in [3.63, 3.8) is 0 Å². The standard InChI is InChI=1S/C10H11Cl2NS/c1-7-2-3-10(9(13)4-7)14-6-8(12)5-11/h2-5H,6,13H2,1H3. The first kappa shape index (κ1) is 11.8. The zero-order valence-electron chi connectivity index (χ0n) is 7.76. The first-order chi connectivity index (χ1) is 6.63. The molecule has 0 aromatic heterocycles. The van der Waals surface area contributed by atoms with E-state index in [2.05, 4.69) is 0 Å². The maximum Gasteiger partial charge on any atom is 0.0454 e. The molecule has 1 aromatic carbocycles. The van der Waals surface area contributed by atoms with Gasteiger partial charge in [-0.2, -0.15) is 0 Å². The van der Waals surface area contributed by atoms with E-state index < -0.39 is 0 Å². The first-order valence-electron chi connectivity index (χ1n) is 4.07. The summed E-state index contributed by atoms with van der Waals surface area (Å²) in [6.07, 6.45) is 0. The molecule has 0 aliphatic rings. The predicted molar refractivity (Wildman–Crippen MR) is 66.1 cm³/mol. The van der Waals surface area contributed by atoms with Crippen LogP contribution in [0.5, 0.6) is 0 Å². The van der Waals surface area contributed by atoms with Crippen molar-refractivity contribution in [2.75, 3.05) is 11.5 Å². The number of thioether (sulfide) groups is 1. The summed E-state index contributed by atoms with van der Waals surface area (Å²) >= 11 is 12.8.